The molecule has 7 heteroatoms. The molecule has 15 heavy (non-hydrogen) atoms. The third kappa shape index (κ3) is 4.59. The first-order chi connectivity index (χ1) is 7.03. The average molecular weight is 236 g/mol. The monoisotopic (exact) mass is 236 g/mol. The number of carbonyl (C=O) groups is 1. The number of rotatable bonds is 5. The number of ether oxygens (including phenoxy) is 1. The van der Waals surface area contributed by atoms with Gasteiger partial charge < -0.3 is 10.1 Å². The Kier molecular flexibility index (Phi) is 4.49. The van der Waals surface area contributed by atoms with Gasteiger partial charge in [0.15, 0.2) is 0 Å². The Morgan fingerprint density at radius 1 is 1.60 bits per heavy atom. The molecule has 1 fully saturated rings. The van der Waals surface area contributed by atoms with Crippen LogP contribution in [0.4, 0.5) is 0 Å². The molecule has 0 saturated carbocycles. The van der Waals surface area contributed by atoms with Gasteiger partial charge in [-0.15, -0.1) is 0 Å². The molecular formula is C8H16N2O4S. The molecule has 1 heterocycles. The van der Waals surface area contributed by atoms with Crippen molar-refractivity contribution in [1.82, 2.24) is 10.0 Å². The lowest BCUT2D eigenvalue weighted by molar-refractivity contribution is -0.122. The number of methoxy groups -OCH3 is 1. The van der Waals surface area contributed by atoms with Crippen LogP contribution in [0.25, 0.3) is 0 Å². The summed E-state index contributed by atoms with van der Waals surface area (Å²) in [5, 5.41) is 2.61. The lowest BCUT2D eigenvalue weighted by Gasteiger charge is -2.23. The minimum absolute atomic E-state index is 0.0256. The number of amides is 1. The lowest BCUT2D eigenvalue weighted by atomic mass is 10.1. The fourth-order valence-electron chi connectivity index (χ4n) is 1.34. The van der Waals surface area contributed by atoms with E-state index in [1.807, 2.05) is 0 Å². The van der Waals surface area contributed by atoms with E-state index in [0.29, 0.717) is 19.4 Å². The van der Waals surface area contributed by atoms with Gasteiger partial charge in [-0.05, 0) is 6.42 Å². The van der Waals surface area contributed by atoms with Crippen molar-refractivity contribution in [2.45, 2.75) is 18.9 Å². The molecule has 1 amide bonds. The van der Waals surface area contributed by atoms with E-state index < -0.39 is 10.0 Å². The van der Waals surface area contributed by atoms with Crippen molar-refractivity contribution >= 4 is 15.9 Å². The highest BCUT2D eigenvalue weighted by Crippen LogP contribution is 2.04. The summed E-state index contributed by atoms with van der Waals surface area (Å²) >= 11 is 0. The minimum Gasteiger partial charge on any atom is -0.384 e. The molecule has 0 aromatic carbocycles. The first-order valence-electron chi connectivity index (χ1n) is 4.79. The van der Waals surface area contributed by atoms with Gasteiger partial charge in [0, 0.05) is 26.1 Å². The molecule has 0 radical (unpaired) electrons. The van der Waals surface area contributed by atoms with E-state index >= 15 is 0 Å². The van der Waals surface area contributed by atoms with Crippen LogP contribution >= 0.6 is 0 Å². The molecule has 1 saturated heterocycles. The third-order valence-corrected chi connectivity index (χ3v) is 3.56. The van der Waals surface area contributed by atoms with Crippen molar-refractivity contribution in [1.29, 1.82) is 0 Å². The molecule has 0 spiro atoms. The molecule has 88 valence electrons. The smallest absolute Gasteiger partial charge is 0.220 e. The van der Waals surface area contributed by atoms with E-state index in [1.165, 1.54) is 7.11 Å². The zero-order chi connectivity index (χ0) is 11.3. The van der Waals surface area contributed by atoms with Gasteiger partial charge in [0.05, 0.1) is 12.4 Å². The van der Waals surface area contributed by atoms with E-state index in [2.05, 4.69) is 10.0 Å². The van der Waals surface area contributed by atoms with Crippen molar-refractivity contribution in [2.24, 2.45) is 0 Å². The van der Waals surface area contributed by atoms with Crippen molar-refractivity contribution in [3.05, 3.63) is 0 Å². The Hall–Kier alpha value is -0.660. The number of sulfonamides is 1. The number of hydrogen-bond acceptors (Lipinski definition) is 4. The number of carbonyl (C=O) groups excluding carboxylic acids is 1. The molecule has 6 nitrogen and oxygen atoms in total. The molecule has 1 aliphatic rings. The Bertz CT molecular complexity index is 305. The predicted octanol–water partition coefficient (Wildman–Crippen LogP) is -1.17. The summed E-state index contributed by atoms with van der Waals surface area (Å²) in [6.45, 7) is 0.541. The molecule has 1 rings (SSSR count). The summed E-state index contributed by atoms with van der Waals surface area (Å²) in [5.41, 5.74) is 0. The summed E-state index contributed by atoms with van der Waals surface area (Å²) in [6.07, 6.45) is 0.926. The molecule has 0 aromatic heterocycles. The highest BCUT2D eigenvalue weighted by Gasteiger charge is 2.22. The van der Waals surface area contributed by atoms with E-state index in [4.69, 9.17) is 4.74 Å². The summed E-state index contributed by atoms with van der Waals surface area (Å²) in [6, 6.07) is -0.190. The second kappa shape index (κ2) is 5.43. The normalized spacial score (nSPS) is 22.5. The maximum absolute atomic E-state index is 11.4. The Balaban J connectivity index is 2.37. The predicted molar refractivity (Wildman–Crippen MR) is 54.8 cm³/mol. The summed E-state index contributed by atoms with van der Waals surface area (Å²) < 4.78 is 30.1. The summed E-state index contributed by atoms with van der Waals surface area (Å²) in [5.74, 6) is -0.0733. The van der Waals surface area contributed by atoms with Crippen LogP contribution < -0.4 is 10.0 Å². The van der Waals surface area contributed by atoms with Crippen LogP contribution in [0.2, 0.25) is 0 Å². The van der Waals surface area contributed by atoms with E-state index in [-0.39, 0.29) is 24.3 Å². The highest BCUT2D eigenvalue weighted by atomic mass is 32.2. The van der Waals surface area contributed by atoms with Crippen molar-refractivity contribution in [3.8, 4) is 0 Å². The van der Waals surface area contributed by atoms with Gasteiger partial charge in [-0.2, -0.15) is 0 Å². The molecule has 0 aromatic rings. The van der Waals surface area contributed by atoms with Crippen molar-refractivity contribution in [2.75, 3.05) is 26.0 Å². The summed E-state index contributed by atoms with van der Waals surface area (Å²) in [4.78, 5) is 10.8. The van der Waals surface area contributed by atoms with Gasteiger partial charge in [0.2, 0.25) is 15.9 Å². The second-order valence-electron chi connectivity index (χ2n) is 3.47. The lowest BCUT2D eigenvalue weighted by Crippen LogP contribution is -2.48. The van der Waals surface area contributed by atoms with E-state index in [0.717, 1.165) is 0 Å². The minimum atomic E-state index is -3.29. The largest absolute Gasteiger partial charge is 0.384 e. The molecule has 1 atom stereocenters. The van der Waals surface area contributed by atoms with Crippen LogP contribution in [0.5, 0.6) is 0 Å². The fourth-order valence-corrected chi connectivity index (χ4v) is 2.55. The van der Waals surface area contributed by atoms with Gasteiger partial charge in [-0.1, -0.05) is 0 Å². The Morgan fingerprint density at radius 2 is 2.33 bits per heavy atom. The Labute approximate surface area is 89.4 Å². The highest BCUT2D eigenvalue weighted by molar-refractivity contribution is 7.89. The van der Waals surface area contributed by atoms with Crippen molar-refractivity contribution < 1.29 is 17.9 Å². The van der Waals surface area contributed by atoms with Crippen LogP contribution in [-0.4, -0.2) is 46.4 Å². The van der Waals surface area contributed by atoms with Gasteiger partial charge in [-0.3, -0.25) is 4.79 Å². The fraction of sp³-hybridized carbons (Fsp3) is 0.875. The zero-order valence-corrected chi connectivity index (χ0v) is 9.47. The van der Waals surface area contributed by atoms with E-state index in [9.17, 15) is 13.2 Å². The van der Waals surface area contributed by atoms with Gasteiger partial charge >= 0.3 is 0 Å². The number of nitrogens with one attached hydrogen (secondary N) is 2. The van der Waals surface area contributed by atoms with Crippen molar-refractivity contribution in [3.63, 3.8) is 0 Å². The summed E-state index contributed by atoms with van der Waals surface area (Å²) in [7, 11) is -1.83. The first kappa shape index (κ1) is 12.4. The number of hydrogen-bond donors (Lipinski definition) is 2. The number of piperidine rings is 1. The standard InChI is InChI=1S/C8H16N2O4S/c1-14-4-5-15(12,13)10-7-2-3-8(11)9-6-7/h7,10H,2-6H2,1H3,(H,9,11). The molecule has 1 unspecified atom stereocenters. The first-order valence-corrected chi connectivity index (χ1v) is 6.44. The molecule has 1 aliphatic heterocycles. The van der Waals surface area contributed by atoms with Crippen LogP contribution in [0.1, 0.15) is 12.8 Å². The third-order valence-electron chi connectivity index (χ3n) is 2.17. The zero-order valence-electron chi connectivity index (χ0n) is 8.65. The second-order valence-corrected chi connectivity index (χ2v) is 5.34. The van der Waals surface area contributed by atoms with Crippen LogP contribution in [-0.2, 0) is 19.6 Å². The molecule has 0 bridgehead atoms. The quantitative estimate of drug-likeness (QED) is 0.630. The van der Waals surface area contributed by atoms with Crippen LogP contribution in [0.3, 0.4) is 0 Å². The van der Waals surface area contributed by atoms with E-state index in [1.54, 1.807) is 0 Å². The Morgan fingerprint density at radius 3 is 2.87 bits per heavy atom. The molecule has 0 aliphatic carbocycles. The maximum atomic E-state index is 11.4. The average Bonchev–Trinajstić information content (AvgIpc) is 2.18. The molecular weight excluding hydrogens is 220 g/mol. The van der Waals surface area contributed by atoms with Gasteiger partial charge in [0.1, 0.15) is 0 Å². The molecule has 2 N–H and O–H groups in total. The van der Waals surface area contributed by atoms with Gasteiger partial charge in [0.25, 0.3) is 0 Å². The van der Waals surface area contributed by atoms with Gasteiger partial charge in [-0.25, -0.2) is 13.1 Å². The SMILES string of the molecule is COCCS(=O)(=O)NC1CCC(=O)NC1. The maximum Gasteiger partial charge on any atom is 0.220 e. The van der Waals surface area contributed by atoms with Crippen LogP contribution in [0, 0.1) is 0 Å². The van der Waals surface area contributed by atoms with Crippen LogP contribution in [0.15, 0.2) is 0 Å². The topological polar surface area (TPSA) is 84.5 Å².